The van der Waals surface area contributed by atoms with Gasteiger partial charge in [-0.2, -0.15) is 0 Å². The molecule has 0 aliphatic carbocycles. The van der Waals surface area contributed by atoms with Gasteiger partial charge < -0.3 is 16.0 Å². The summed E-state index contributed by atoms with van der Waals surface area (Å²) in [7, 11) is 3.77. The van der Waals surface area contributed by atoms with Gasteiger partial charge in [0.25, 0.3) is 0 Å². The molecular formula is C8H17N5. The molecule has 0 aromatic carbocycles. The van der Waals surface area contributed by atoms with Crippen LogP contribution >= 0.6 is 0 Å². The number of rotatable bonds is 2. The summed E-state index contributed by atoms with van der Waals surface area (Å²) < 4.78 is 0. The summed E-state index contributed by atoms with van der Waals surface area (Å²) in [5.74, 6) is 0.495. The Hall–Kier alpha value is -1.07. The highest BCUT2D eigenvalue weighted by molar-refractivity contribution is 5.90. The van der Waals surface area contributed by atoms with Crippen LogP contribution in [0.4, 0.5) is 0 Å². The Morgan fingerprint density at radius 2 is 2.38 bits per heavy atom. The van der Waals surface area contributed by atoms with Crippen molar-refractivity contribution in [2.24, 2.45) is 5.73 Å². The molecule has 13 heavy (non-hydrogen) atoms. The van der Waals surface area contributed by atoms with E-state index >= 15 is 0 Å². The molecule has 5 heteroatoms. The second-order valence-corrected chi connectivity index (χ2v) is 3.20. The molecule has 0 aromatic rings. The Morgan fingerprint density at radius 1 is 1.69 bits per heavy atom. The van der Waals surface area contributed by atoms with Gasteiger partial charge in [0.15, 0.2) is 0 Å². The van der Waals surface area contributed by atoms with Gasteiger partial charge in [-0.15, -0.1) is 0 Å². The molecule has 0 amide bonds. The molecule has 1 rings (SSSR count). The van der Waals surface area contributed by atoms with Gasteiger partial charge in [0, 0.05) is 13.6 Å². The molecule has 0 aromatic heterocycles. The minimum atomic E-state index is 0.0448. The Morgan fingerprint density at radius 3 is 2.85 bits per heavy atom. The first kappa shape index (κ1) is 10.0. The zero-order valence-corrected chi connectivity index (χ0v) is 8.12. The van der Waals surface area contributed by atoms with E-state index in [4.69, 9.17) is 11.1 Å². The van der Waals surface area contributed by atoms with Gasteiger partial charge in [-0.3, -0.25) is 10.3 Å². The van der Waals surface area contributed by atoms with Crippen LogP contribution in [0.1, 0.15) is 0 Å². The number of amidine groups is 1. The standard InChI is InChI=1S/C8H17N5/c1-11-4-3-7(9)13-5-8(10)12(2)6-13/h3-4,8-9,11H,5-6,10H2,1-2H3/b4-3-,9-7?. The summed E-state index contributed by atoms with van der Waals surface area (Å²) in [4.78, 5) is 3.94. The molecule has 74 valence electrons. The van der Waals surface area contributed by atoms with E-state index in [0.29, 0.717) is 5.84 Å². The highest BCUT2D eigenvalue weighted by atomic mass is 15.4. The fourth-order valence-electron chi connectivity index (χ4n) is 1.24. The zero-order valence-electron chi connectivity index (χ0n) is 8.12. The summed E-state index contributed by atoms with van der Waals surface area (Å²) in [5.41, 5.74) is 5.78. The van der Waals surface area contributed by atoms with Crippen molar-refractivity contribution in [1.29, 1.82) is 5.41 Å². The van der Waals surface area contributed by atoms with Crippen LogP contribution in [0.3, 0.4) is 0 Å². The molecule has 1 aliphatic heterocycles. The number of hydrogen-bond donors (Lipinski definition) is 3. The van der Waals surface area contributed by atoms with Crippen LogP contribution in [0.2, 0.25) is 0 Å². The molecule has 5 nitrogen and oxygen atoms in total. The van der Waals surface area contributed by atoms with Crippen molar-refractivity contribution in [3.63, 3.8) is 0 Å². The van der Waals surface area contributed by atoms with Gasteiger partial charge in [-0.05, 0) is 19.3 Å². The predicted molar refractivity (Wildman–Crippen MR) is 53.2 cm³/mol. The Kier molecular flexibility index (Phi) is 3.27. The topological polar surface area (TPSA) is 68.4 Å². The second kappa shape index (κ2) is 4.25. The van der Waals surface area contributed by atoms with Crippen molar-refractivity contribution in [2.75, 3.05) is 27.3 Å². The first-order valence-electron chi connectivity index (χ1n) is 4.28. The highest BCUT2D eigenvalue weighted by Crippen LogP contribution is 2.06. The second-order valence-electron chi connectivity index (χ2n) is 3.20. The molecule has 1 fully saturated rings. The van der Waals surface area contributed by atoms with Crippen LogP contribution < -0.4 is 11.1 Å². The first-order chi connectivity index (χ1) is 6.15. The SMILES string of the molecule is CN/C=C\C(=N)N1CC(N)N(C)C1. The molecule has 0 bridgehead atoms. The Balaban J connectivity index is 2.46. The Labute approximate surface area is 78.7 Å². The van der Waals surface area contributed by atoms with Crippen LogP contribution in [0.5, 0.6) is 0 Å². The summed E-state index contributed by atoms with van der Waals surface area (Å²) in [6.07, 6.45) is 3.52. The molecular weight excluding hydrogens is 166 g/mol. The first-order valence-corrected chi connectivity index (χ1v) is 4.28. The summed E-state index contributed by atoms with van der Waals surface area (Å²) >= 11 is 0. The van der Waals surface area contributed by atoms with Crippen LogP contribution in [-0.4, -0.2) is 49.1 Å². The van der Waals surface area contributed by atoms with Crippen molar-refractivity contribution >= 4 is 5.84 Å². The van der Waals surface area contributed by atoms with Crippen molar-refractivity contribution in [3.05, 3.63) is 12.3 Å². The molecule has 0 radical (unpaired) electrons. The van der Waals surface area contributed by atoms with E-state index < -0.39 is 0 Å². The summed E-state index contributed by atoms with van der Waals surface area (Å²) in [5, 5.41) is 10.5. The largest absolute Gasteiger partial charge is 0.394 e. The molecule has 1 atom stereocenters. The van der Waals surface area contributed by atoms with Crippen molar-refractivity contribution in [2.45, 2.75) is 6.17 Å². The normalized spacial score (nSPS) is 24.2. The molecule has 1 unspecified atom stereocenters. The van der Waals surface area contributed by atoms with Gasteiger partial charge in [0.1, 0.15) is 5.84 Å². The third kappa shape index (κ3) is 2.43. The lowest BCUT2D eigenvalue weighted by atomic mass is 10.4. The van der Waals surface area contributed by atoms with Gasteiger partial charge in [-0.25, -0.2) is 0 Å². The van der Waals surface area contributed by atoms with Crippen molar-refractivity contribution in [3.8, 4) is 0 Å². The maximum atomic E-state index is 7.69. The number of hydrogen-bond acceptors (Lipinski definition) is 4. The number of nitrogens with two attached hydrogens (primary N) is 1. The lowest BCUT2D eigenvalue weighted by molar-refractivity contribution is 0.306. The van der Waals surface area contributed by atoms with E-state index in [1.165, 1.54) is 0 Å². The fraction of sp³-hybridized carbons (Fsp3) is 0.625. The monoisotopic (exact) mass is 183 g/mol. The maximum absolute atomic E-state index is 7.69. The van der Waals surface area contributed by atoms with E-state index in [1.54, 1.807) is 12.3 Å². The van der Waals surface area contributed by atoms with E-state index in [1.807, 2.05) is 23.9 Å². The molecule has 4 N–H and O–H groups in total. The van der Waals surface area contributed by atoms with E-state index in [2.05, 4.69) is 5.32 Å². The third-order valence-electron chi connectivity index (χ3n) is 2.12. The maximum Gasteiger partial charge on any atom is 0.123 e. The van der Waals surface area contributed by atoms with Gasteiger partial charge in [0.05, 0.1) is 12.8 Å². The molecule has 1 heterocycles. The van der Waals surface area contributed by atoms with E-state index in [-0.39, 0.29) is 6.17 Å². The predicted octanol–water partition coefficient (Wildman–Crippen LogP) is -0.814. The van der Waals surface area contributed by atoms with Crippen molar-refractivity contribution in [1.82, 2.24) is 15.1 Å². The smallest absolute Gasteiger partial charge is 0.123 e. The van der Waals surface area contributed by atoms with E-state index in [0.717, 1.165) is 13.2 Å². The van der Waals surface area contributed by atoms with Crippen LogP contribution in [0.15, 0.2) is 12.3 Å². The van der Waals surface area contributed by atoms with Crippen LogP contribution in [-0.2, 0) is 0 Å². The third-order valence-corrected chi connectivity index (χ3v) is 2.12. The summed E-state index contributed by atoms with van der Waals surface area (Å²) in [6, 6.07) is 0. The van der Waals surface area contributed by atoms with Crippen LogP contribution in [0, 0.1) is 5.41 Å². The van der Waals surface area contributed by atoms with Gasteiger partial charge >= 0.3 is 0 Å². The number of nitrogens with zero attached hydrogens (tertiary/aromatic N) is 2. The average molecular weight is 183 g/mol. The number of nitrogens with one attached hydrogen (secondary N) is 2. The quantitative estimate of drug-likeness (QED) is 0.387. The lowest BCUT2D eigenvalue weighted by Crippen LogP contribution is -2.35. The van der Waals surface area contributed by atoms with Gasteiger partial charge in [-0.1, -0.05) is 0 Å². The van der Waals surface area contributed by atoms with Crippen LogP contribution in [0.25, 0.3) is 0 Å². The molecule has 1 aliphatic rings. The fourth-order valence-corrected chi connectivity index (χ4v) is 1.24. The lowest BCUT2D eigenvalue weighted by Gasteiger charge is -2.15. The molecule has 0 spiro atoms. The molecule has 1 saturated heterocycles. The zero-order chi connectivity index (χ0) is 9.84. The number of likely N-dealkylation sites (N-methyl/N-ethyl adjacent to an activating group) is 1. The Bertz CT molecular complexity index is 203. The van der Waals surface area contributed by atoms with Crippen molar-refractivity contribution < 1.29 is 0 Å². The molecule has 0 saturated carbocycles. The van der Waals surface area contributed by atoms with E-state index in [9.17, 15) is 0 Å². The minimum Gasteiger partial charge on any atom is -0.394 e. The van der Waals surface area contributed by atoms with Gasteiger partial charge in [0.2, 0.25) is 0 Å². The highest BCUT2D eigenvalue weighted by Gasteiger charge is 2.24. The summed E-state index contributed by atoms with van der Waals surface area (Å²) in [6.45, 7) is 1.46. The average Bonchev–Trinajstić information content (AvgIpc) is 2.43. The minimum absolute atomic E-state index is 0.0448.